The van der Waals surface area contributed by atoms with Crippen LogP contribution in [0.15, 0.2) is 24.3 Å². The second-order valence-corrected chi connectivity index (χ2v) is 4.01. The van der Waals surface area contributed by atoms with E-state index in [2.05, 4.69) is 5.10 Å². The first kappa shape index (κ1) is 11.4. The van der Waals surface area contributed by atoms with Crippen LogP contribution in [0.25, 0.3) is 11.3 Å². The topological polar surface area (TPSA) is 17.8 Å². The van der Waals surface area contributed by atoms with Crippen molar-refractivity contribution in [3.63, 3.8) is 0 Å². The molecule has 2 rings (SSSR count). The lowest BCUT2D eigenvalue weighted by molar-refractivity contribution is 0.628. The van der Waals surface area contributed by atoms with E-state index in [9.17, 15) is 4.39 Å². The molecule has 5 heteroatoms. The molecule has 0 saturated carbocycles. The Morgan fingerprint density at radius 1 is 1.31 bits per heavy atom. The Hall–Kier alpha value is -1.06. The summed E-state index contributed by atoms with van der Waals surface area (Å²) in [7, 11) is 1.74. The van der Waals surface area contributed by atoms with E-state index >= 15 is 0 Å². The highest BCUT2D eigenvalue weighted by molar-refractivity contribution is 6.31. The zero-order valence-corrected chi connectivity index (χ0v) is 10.1. The van der Waals surface area contributed by atoms with Crippen molar-refractivity contribution in [2.75, 3.05) is 0 Å². The zero-order valence-electron chi connectivity index (χ0n) is 8.54. The molecule has 0 atom stereocenters. The molecule has 84 valence electrons. The molecule has 0 amide bonds. The predicted molar refractivity (Wildman–Crippen MR) is 63.2 cm³/mol. The van der Waals surface area contributed by atoms with Crippen LogP contribution in [0.2, 0.25) is 5.15 Å². The summed E-state index contributed by atoms with van der Waals surface area (Å²) in [4.78, 5) is 0. The summed E-state index contributed by atoms with van der Waals surface area (Å²) in [5, 5.41) is 4.77. The lowest BCUT2D eigenvalue weighted by Gasteiger charge is -1.99. The summed E-state index contributed by atoms with van der Waals surface area (Å²) in [6, 6.07) is 6.08. The largest absolute Gasteiger partial charge is 0.256 e. The number of benzene rings is 1. The monoisotopic (exact) mass is 258 g/mol. The summed E-state index contributed by atoms with van der Waals surface area (Å²) in [6.07, 6.45) is 0. The van der Waals surface area contributed by atoms with E-state index < -0.39 is 0 Å². The van der Waals surface area contributed by atoms with Crippen molar-refractivity contribution in [3.8, 4) is 11.3 Å². The second-order valence-electron chi connectivity index (χ2n) is 3.38. The number of halogens is 3. The van der Waals surface area contributed by atoms with Crippen LogP contribution in [0, 0.1) is 5.82 Å². The normalized spacial score (nSPS) is 10.8. The fourth-order valence-electron chi connectivity index (χ4n) is 1.51. The average Bonchev–Trinajstić information content (AvgIpc) is 2.56. The van der Waals surface area contributed by atoms with Crippen molar-refractivity contribution in [2.45, 2.75) is 5.88 Å². The Balaban J connectivity index is 2.55. The quantitative estimate of drug-likeness (QED) is 0.753. The summed E-state index contributed by atoms with van der Waals surface area (Å²) in [5.74, 6) is -0.00228. The summed E-state index contributed by atoms with van der Waals surface area (Å²) in [6.45, 7) is 0. The van der Waals surface area contributed by atoms with E-state index in [0.29, 0.717) is 10.8 Å². The number of nitrogens with zero attached hydrogens (tertiary/aromatic N) is 2. The van der Waals surface area contributed by atoms with E-state index in [4.69, 9.17) is 23.2 Å². The highest BCUT2D eigenvalue weighted by Gasteiger charge is 2.14. The molecule has 0 spiro atoms. The maximum absolute atomic E-state index is 12.8. The minimum atomic E-state index is -0.279. The van der Waals surface area contributed by atoms with Crippen LogP contribution in [-0.4, -0.2) is 9.78 Å². The van der Waals surface area contributed by atoms with Crippen LogP contribution in [0.5, 0.6) is 0 Å². The summed E-state index contributed by atoms with van der Waals surface area (Å²) < 4.78 is 14.3. The Morgan fingerprint density at radius 3 is 2.50 bits per heavy atom. The minimum absolute atomic E-state index is 0.277. The molecule has 1 aromatic carbocycles. The van der Waals surface area contributed by atoms with Crippen molar-refractivity contribution in [1.29, 1.82) is 0 Å². The molecule has 2 nitrogen and oxygen atoms in total. The standard InChI is InChI=1S/C11H9Cl2FN2/c1-16-11(13)9(6-12)10(15-16)7-2-4-8(14)5-3-7/h2-5H,6H2,1H3. The minimum Gasteiger partial charge on any atom is -0.256 e. The van der Waals surface area contributed by atoms with Gasteiger partial charge in [0.05, 0.1) is 11.6 Å². The molecule has 0 aliphatic carbocycles. The molecule has 0 fully saturated rings. The fraction of sp³-hybridized carbons (Fsp3) is 0.182. The second kappa shape index (κ2) is 4.44. The van der Waals surface area contributed by atoms with E-state index in [-0.39, 0.29) is 11.7 Å². The maximum Gasteiger partial charge on any atom is 0.131 e. The van der Waals surface area contributed by atoms with Crippen molar-refractivity contribution in [1.82, 2.24) is 9.78 Å². The molecule has 0 aliphatic heterocycles. The first-order valence-electron chi connectivity index (χ1n) is 4.66. The first-order valence-corrected chi connectivity index (χ1v) is 5.58. The van der Waals surface area contributed by atoms with Crippen molar-refractivity contribution < 1.29 is 4.39 Å². The van der Waals surface area contributed by atoms with Gasteiger partial charge in [0.2, 0.25) is 0 Å². The van der Waals surface area contributed by atoms with Crippen molar-refractivity contribution >= 4 is 23.2 Å². The lowest BCUT2D eigenvalue weighted by Crippen LogP contribution is -1.89. The average molecular weight is 259 g/mol. The summed E-state index contributed by atoms with van der Waals surface area (Å²) >= 11 is 11.9. The zero-order chi connectivity index (χ0) is 11.7. The molecule has 0 N–H and O–H groups in total. The number of hydrogen-bond donors (Lipinski definition) is 0. The number of aryl methyl sites for hydroxylation is 1. The number of alkyl halides is 1. The van der Waals surface area contributed by atoms with Gasteiger partial charge in [-0.3, -0.25) is 4.68 Å². The van der Waals surface area contributed by atoms with Gasteiger partial charge in [0.1, 0.15) is 11.0 Å². The molecule has 16 heavy (non-hydrogen) atoms. The third-order valence-corrected chi connectivity index (χ3v) is 3.06. The van der Waals surface area contributed by atoms with E-state index in [1.165, 1.54) is 12.1 Å². The van der Waals surface area contributed by atoms with Crippen LogP contribution >= 0.6 is 23.2 Å². The maximum atomic E-state index is 12.8. The van der Waals surface area contributed by atoms with Crippen molar-refractivity contribution in [3.05, 3.63) is 40.8 Å². The van der Waals surface area contributed by atoms with Gasteiger partial charge >= 0.3 is 0 Å². The highest BCUT2D eigenvalue weighted by Crippen LogP contribution is 2.29. The van der Waals surface area contributed by atoms with Gasteiger partial charge < -0.3 is 0 Å². The van der Waals surface area contributed by atoms with Crippen LogP contribution in [0.3, 0.4) is 0 Å². The third-order valence-electron chi connectivity index (χ3n) is 2.32. The molecule has 0 radical (unpaired) electrons. The smallest absolute Gasteiger partial charge is 0.131 e. The Morgan fingerprint density at radius 2 is 1.94 bits per heavy atom. The van der Waals surface area contributed by atoms with Gasteiger partial charge in [0.25, 0.3) is 0 Å². The molecular weight excluding hydrogens is 250 g/mol. The summed E-state index contributed by atoms with van der Waals surface area (Å²) in [5.41, 5.74) is 2.26. The van der Waals surface area contributed by atoms with Crippen LogP contribution in [0.4, 0.5) is 4.39 Å². The molecule has 1 heterocycles. The Kier molecular flexibility index (Phi) is 3.17. The number of rotatable bonds is 2. The van der Waals surface area contributed by atoms with Gasteiger partial charge in [-0.15, -0.1) is 11.6 Å². The van der Waals surface area contributed by atoms with E-state index in [1.807, 2.05) is 0 Å². The van der Waals surface area contributed by atoms with Gasteiger partial charge in [-0.1, -0.05) is 11.6 Å². The van der Waals surface area contributed by atoms with E-state index in [0.717, 1.165) is 11.1 Å². The fourth-order valence-corrected chi connectivity index (χ4v) is 2.02. The third kappa shape index (κ3) is 1.93. The van der Waals surface area contributed by atoms with Gasteiger partial charge in [-0.25, -0.2) is 4.39 Å². The molecule has 0 bridgehead atoms. The number of aromatic nitrogens is 2. The lowest BCUT2D eigenvalue weighted by atomic mass is 10.1. The first-order chi connectivity index (χ1) is 7.63. The molecule has 0 aliphatic rings. The molecule has 1 aromatic heterocycles. The molecule has 2 aromatic rings. The van der Waals surface area contributed by atoms with Crippen LogP contribution in [-0.2, 0) is 12.9 Å². The molecular formula is C11H9Cl2FN2. The number of hydrogen-bond acceptors (Lipinski definition) is 1. The van der Waals surface area contributed by atoms with Gasteiger partial charge in [0.15, 0.2) is 0 Å². The molecule has 0 unspecified atom stereocenters. The Labute approximate surface area is 103 Å². The van der Waals surface area contributed by atoms with Crippen molar-refractivity contribution in [2.24, 2.45) is 7.05 Å². The highest BCUT2D eigenvalue weighted by atomic mass is 35.5. The van der Waals surface area contributed by atoms with Gasteiger partial charge in [0, 0.05) is 18.2 Å². The van der Waals surface area contributed by atoms with Crippen LogP contribution in [0.1, 0.15) is 5.56 Å². The van der Waals surface area contributed by atoms with Gasteiger partial charge in [-0.05, 0) is 24.3 Å². The SMILES string of the molecule is Cn1nc(-c2ccc(F)cc2)c(CCl)c1Cl. The van der Waals surface area contributed by atoms with Gasteiger partial charge in [-0.2, -0.15) is 5.10 Å². The predicted octanol–water partition coefficient (Wildman–Crippen LogP) is 3.62. The Bertz CT molecular complexity index is 505. The molecule has 0 saturated heterocycles. The van der Waals surface area contributed by atoms with E-state index in [1.54, 1.807) is 23.9 Å². The van der Waals surface area contributed by atoms with Crippen LogP contribution < -0.4 is 0 Å².